The SMILES string of the molecule is CCON1CCN(c2ccc(Br)cc2)C1=O. The van der Waals surface area contributed by atoms with Crippen LogP contribution in [0, 0.1) is 0 Å². The van der Waals surface area contributed by atoms with E-state index in [0.29, 0.717) is 19.7 Å². The number of halogens is 1. The number of anilines is 1. The summed E-state index contributed by atoms with van der Waals surface area (Å²) in [6.45, 7) is 3.67. The first-order valence-electron chi connectivity index (χ1n) is 5.20. The summed E-state index contributed by atoms with van der Waals surface area (Å²) in [6.07, 6.45) is 0. The highest BCUT2D eigenvalue weighted by molar-refractivity contribution is 9.10. The number of carbonyl (C=O) groups excluding carboxylic acids is 1. The van der Waals surface area contributed by atoms with Crippen molar-refractivity contribution < 1.29 is 9.63 Å². The lowest BCUT2D eigenvalue weighted by Gasteiger charge is -2.17. The summed E-state index contributed by atoms with van der Waals surface area (Å²) in [5, 5.41) is 1.40. The van der Waals surface area contributed by atoms with Crippen molar-refractivity contribution in [3.63, 3.8) is 0 Å². The van der Waals surface area contributed by atoms with Gasteiger partial charge in [0.25, 0.3) is 0 Å². The normalized spacial score (nSPS) is 16.0. The molecule has 0 aromatic heterocycles. The summed E-state index contributed by atoms with van der Waals surface area (Å²) < 4.78 is 1.00. The van der Waals surface area contributed by atoms with Gasteiger partial charge in [-0.25, -0.2) is 9.86 Å². The number of benzene rings is 1. The van der Waals surface area contributed by atoms with Gasteiger partial charge in [-0.3, -0.25) is 9.74 Å². The fraction of sp³-hybridized carbons (Fsp3) is 0.364. The lowest BCUT2D eigenvalue weighted by molar-refractivity contribution is -0.0972. The third-order valence-electron chi connectivity index (χ3n) is 2.39. The fourth-order valence-electron chi connectivity index (χ4n) is 1.65. The van der Waals surface area contributed by atoms with Crippen LogP contribution in [0.5, 0.6) is 0 Å². The first kappa shape index (κ1) is 11.4. The van der Waals surface area contributed by atoms with E-state index in [1.165, 1.54) is 5.06 Å². The number of hydroxylamine groups is 2. The molecule has 0 aliphatic carbocycles. The number of hydrogen-bond donors (Lipinski definition) is 0. The van der Waals surface area contributed by atoms with Crippen molar-refractivity contribution in [2.45, 2.75) is 6.92 Å². The van der Waals surface area contributed by atoms with Crippen LogP contribution in [0.15, 0.2) is 28.7 Å². The molecule has 86 valence electrons. The number of rotatable bonds is 3. The fourth-order valence-corrected chi connectivity index (χ4v) is 1.92. The molecule has 0 unspecified atom stereocenters. The summed E-state index contributed by atoms with van der Waals surface area (Å²) in [4.78, 5) is 18.8. The molecule has 2 amide bonds. The van der Waals surface area contributed by atoms with Gasteiger partial charge < -0.3 is 0 Å². The molecular formula is C11H13BrN2O2. The van der Waals surface area contributed by atoms with Gasteiger partial charge in [-0.05, 0) is 31.2 Å². The van der Waals surface area contributed by atoms with Crippen molar-refractivity contribution in [3.05, 3.63) is 28.7 Å². The van der Waals surface area contributed by atoms with Crippen LogP contribution in [0.2, 0.25) is 0 Å². The third-order valence-corrected chi connectivity index (χ3v) is 2.92. The third kappa shape index (κ3) is 2.20. The largest absolute Gasteiger partial charge is 0.348 e. The van der Waals surface area contributed by atoms with Gasteiger partial charge in [0.2, 0.25) is 0 Å². The van der Waals surface area contributed by atoms with E-state index in [9.17, 15) is 4.79 Å². The lowest BCUT2D eigenvalue weighted by atomic mass is 10.3. The highest BCUT2D eigenvalue weighted by atomic mass is 79.9. The molecule has 2 rings (SSSR count). The van der Waals surface area contributed by atoms with Crippen LogP contribution in [0.25, 0.3) is 0 Å². The van der Waals surface area contributed by atoms with Gasteiger partial charge in [0.1, 0.15) is 0 Å². The molecule has 0 atom stereocenters. The second kappa shape index (κ2) is 4.84. The Morgan fingerprint density at radius 2 is 2.00 bits per heavy atom. The van der Waals surface area contributed by atoms with Gasteiger partial charge in [-0.15, -0.1) is 0 Å². The topological polar surface area (TPSA) is 32.8 Å². The molecule has 1 heterocycles. The molecular weight excluding hydrogens is 272 g/mol. The second-order valence-corrected chi connectivity index (χ2v) is 4.35. The maximum atomic E-state index is 11.9. The van der Waals surface area contributed by atoms with E-state index in [1.807, 2.05) is 31.2 Å². The average Bonchev–Trinajstić information content (AvgIpc) is 2.63. The predicted molar refractivity (Wildman–Crippen MR) is 65.2 cm³/mol. The maximum Gasteiger partial charge on any atom is 0.348 e. The van der Waals surface area contributed by atoms with Crippen LogP contribution >= 0.6 is 15.9 Å². The van der Waals surface area contributed by atoms with Gasteiger partial charge in [0, 0.05) is 16.7 Å². The van der Waals surface area contributed by atoms with Gasteiger partial charge in [-0.2, -0.15) is 0 Å². The molecule has 5 heteroatoms. The molecule has 1 aliphatic rings. The number of amides is 2. The highest BCUT2D eigenvalue weighted by Gasteiger charge is 2.30. The first-order valence-corrected chi connectivity index (χ1v) is 5.99. The van der Waals surface area contributed by atoms with Gasteiger partial charge in [0.05, 0.1) is 13.2 Å². The predicted octanol–water partition coefficient (Wildman–Crippen LogP) is 2.64. The quantitative estimate of drug-likeness (QED) is 0.855. The second-order valence-electron chi connectivity index (χ2n) is 3.43. The molecule has 1 fully saturated rings. The minimum absolute atomic E-state index is 0.0934. The maximum absolute atomic E-state index is 11.9. The van der Waals surface area contributed by atoms with Crippen LogP contribution in [0.3, 0.4) is 0 Å². The van der Waals surface area contributed by atoms with Gasteiger partial charge >= 0.3 is 6.03 Å². The minimum atomic E-state index is -0.0934. The standard InChI is InChI=1S/C11H13BrN2O2/c1-2-16-14-8-7-13(11(14)15)10-5-3-9(12)4-6-10/h3-6H,2,7-8H2,1H3. The van der Waals surface area contributed by atoms with Crippen LogP contribution in [-0.4, -0.2) is 30.8 Å². The number of urea groups is 1. The summed E-state index contributed by atoms with van der Waals surface area (Å²) in [5.74, 6) is 0. The van der Waals surface area contributed by atoms with Gasteiger partial charge in [-0.1, -0.05) is 15.9 Å². The van der Waals surface area contributed by atoms with E-state index in [4.69, 9.17) is 4.84 Å². The van der Waals surface area contributed by atoms with Crippen molar-refractivity contribution in [2.75, 3.05) is 24.6 Å². The van der Waals surface area contributed by atoms with E-state index in [2.05, 4.69) is 15.9 Å². The van der Waals surface area contributed by atoms with Crippen LogP contribution in [-0.2, 0) is 4.84 Å². The number of nitrogens with zero attached hydrogens (tertiary/aromatic N) is 2. The molecule has 0 radical (unpaired) electrons. The smallest absolute Gasteiger partial charge is 0.291 e. The van der Waals surface area contributed by atoms with Crippen molar-refractivity contribution in [1.29, 1.82) is 0 Å². The zero-order chi connectivity index (χ0) is 11.5. The molecule has 0 N–H and O–H groups in total. The van der Waals surface area contributed by atoms with E-state index < -0.39 is 0 Å². The molecule has 0 spiro atoms. The van der Waals surface area contributed by atoms with Crippen LogP contribution < -0.4 is 4.90 Å². The summed E-state index contributed by atoms with van der Waals surface area (Å²) in [7, 11) is 0. The molecule has 1 aromatic rings. The lowest BCUT2D eigenvalue weighted by Crippen LogP contribution is -2.31. The Kier molecular flexibility index (Phi) is 3.46. The van der Waals surface area contributed by atoms with Gasteiger partial charge in [0.15, 0.2) is 0 Å². The zero-order valence-corrected chi connectivity index (χ0v) is 10.6. The van der Waals surface area contributed by atoms with Crippen molar-refractivity contribution in [2.24, 2.45) is 0 Å². The Morgan fingerprint density at radius 1 is 1.31 bits per heavy atom. The van der Waals surface area contributed by atoms with Crippen molar-refractivity contribution >= 4 is 27.6 Å². The van der Waals surface area contributed by atoms with Crippen LogP contribution in [0.4, 0.5) is 10.5 Å². The zero-order valence-electron chi connectivity index (χ0n) is 9.02. The van der Waals surface area contributed by atoms with E-state index in [-0.39, 0.29) is 6.03 Å². The van der Waals surface area contributed by atoms with Crippen molar-refractivity contribution in [3.8, 4) is 0 Å². The van der Waals surface area contributed by atoms with E-state index >= 15 is 0 Å². The summed E-state index contributed by atoms with van der Waals surface area (Å²) in [5.41, 5.74) is 0.899. The molecule has 0 saturated carbocycles. The summed E-state index contributed by atoms with van der Waals surface area (Å²) in [6, 6.07) is 7.58. The van der Waals surface area contributed by atoms with Crippen LogP contribution in [0.1, 0.15) is 6.92 Å². The number of hydrogen-bond acceptors (Lipinski definition) is 2. The van der Waals surface area contributed by atoms with E-state index in [0.717, 1.165) is 10.2 Å². The van der Waals surface area contributed by atoms with E-state index in [1.54, 1.807) is 4.90 Å². The molecule has 4 nitrogen and oxygen atoms in total. The monoisotopic (exact) mass is 284 g/mol. The average molecular weight is 285 g/mol. The molecule has 1 aliphatic heterocycles. The van der Waals surface area contributed by atoms with Crippen molar-refractivity contribution in [1.82, 2.24) is 5.06 Å². The molecule has 1 aromatic carbocycles. The Morgan fingerprint density at radius 3 is 2.62 bits per heavy atom. The Hall–Kier alpha value is -1.07. The molecule has 16 heavy (non-hydrogen) atoms. The molecule has 1 saturated heterocycles. The molecule has 0 bridgehead atoms. The Labute approximate surface area is 103 Å². The Balaban J connectivity index is 2.12. The summed E-state index contributed by atoms with van der Waals surface area (Å²) >= 11 is 3.37. The Bertz CT molecular complexity index is 380. The number of carbonyl (C=O) groups is 1. The minimum Gasteiger partial charge on any atom is -0.291 e. The highest BCUT2D eigenvalue weighted by Crippen LogP contribution is 2.22. The first-order chi connectivity index (χ1) is 7.72.